The van der Waals surface area contributed by atoms with Crippen LogP contribution in [0.3, 0.4) is 0 Å². The third kappa shape index (κ3) is 4.25. The molecule has 5 nitrogen and oxygen atoms in total. The molecule has 25 heavy (non-hydrogen) atoms. The number of benzene rings is 1. The van der Waals surface area contributed by atoms with Crippen LogP contribution in [0.25, 0.3) is 0 Å². The van der Waals surface area contributed by atoms with Gasteiger partial charge in [0.15, 0.2) is 0 Å². The number of nitrogens with one attached hydrogen (secondary N) is 1. The quantitative estimate of drug-likeness (QED) is 0.894. The van der Waals surface area contributed by atoms with Crippen LogP contribution in [0.1, 0.15) is 42.7 Å². The molecule has 2 atom stereocenters. The lowest BCUT2D eigenvalue weighted by molar-refractivity contribution is 0.369. The Bertz CT molecular complexity index is 842. The average Bonchev–Trinajstić information content (AvgIpc) is 2.67. The molecule has 0 aliphatic heterocycles. The Labute approximate surface area is 148 Å². The molecule has 0 saturated heterocycles. The summed E-state index contributed by atoms with van der Waals surface area (Å²) in [5.41, 5.74) is 1.79. The molecule has 0 amide bonds. The van der Waals surface area contributed by atoms with Crippen molar-refractivity contribution in [1.82, 2.24) is 9.71 Å². The van der Waals surface area contributed by atoms with Gasteiger partial charge in [-0.25, -0.2) is 13.1 Å². The van der Waals surface area contributed by atoms with Crippen LogP contribution in [0.4, 0.5) is 0 Å². The Balaban J connectivity index is 1.71. The highest BCUT2D eigenvalue weighted by molar-refractivity contribution is 7.89. The summed E-state index contributed by atoms with van der Waals surface area (Å²) in [6.07, 6.45) is 7.34. The molecule has 1 radical (unpaired) electrons. The molecule has 1 aliphatic rings. The molecule has 1 aromatic carbocycles. The van der Waals surface area contributed by atoms with E-state index in [2.05, 4.69) is 21.8 Å². The fourth-order valence-electron chi connectivity index (χ4n) is 3.26. The Hall–Kier alpha value is -2.23. The maximum atomic E-state index is 12.4. The van der Waals surface area contributed by atoms with E-state index in [0.29, 0.717) is 0 Å². The molecule has 3 rings (SSSR count). The van der Waals surface area contributed by atoms with Gasteiger partial charge < -0.3 is 0 Å². The number of rotatable bonds is 5. The molecule has 1 aromatic heterocycles. The number of aromatic nitrogens is 1. The smallest absolute Gasteiger partial charge is 0.241 e. The van der Waals surface area contributed by atoms with Crippen molar-refractivity contribution in [2.24, 2.45) is 5.92 Å². The van der Waals surface area contributed by atoms with E-state index in [4.69, 9.17) is 0 Å². The predicted molar refractivity (Wildman–Crippen MR) is 93.9 cm³/mol. The number of hydrogen-bond donors (Lipinski definition) is 1. The summed E-state index contributed by atoms with van der Waals surface area (Å²) in [6.45, 7) is 0.185. The maximum absolute atomic E-state index is 12.4. The molecule has 0 bridgehead atoms. The van der Waals surface area contributed by atoms with Crippen molar-refractivity contribution in [2.75, 3.05) is 0 Å². The first-order valence-electron chi connectivity index (χ1n) is 8.40. The number of pyridine rings is 1. The van der Waals surface area contributed by atoms with Crippen molar-refractivity contribution in [1.29, 1.82) is 5.26 Å². The molecule has 0 spiro atoms. The van der Waals surface area contributed by atoms with E-state index < -0.39 is 10.0 Å². The molecule has 6 heteroatoms. The Kier molecular flexibility index (Phi) is 5.47. The van der Waals surface area contributed by atoms with Crippen LogP contribution in [0.2, 0.25) is 0 Å². The highest BCUT2D eigenvalue weighted by atomic mass is 32.2. The first kappa shape index (κ1) is 17.6. The van der Waals surface area contributed by atoms with Gasteiger partial charge in [0.05, 0.1) is 16.9 Å². The van der Waals surface area contributed by atoms with Crippen molar-refractivity contribution < 1.29 is 8.42 Å². The molecular formula is C19H20N3O2S. The lowest BCUT2D eigenvalue weighted by Gasteiger charge is -2.27. The first-order valence-corrected chi connectivity index (χ1v) is 9.88. The van der Waals surface area contributed by atoms with E-state index in [1.54, 1.807) is 30.6 Å². The minimum Gasteiger partial charge on any atom is -0.264 e. The lowest BCUT2D eigenvalue weighted by Crippen LogP contribution is -2.23. The Morgan fingerprint density at radius 1 is 1.28 bits per heavy atom. The first-order chi connectivity index (χ1) is 12.1. The van der Waals surface area contributed by atoms with Gasteiger partial charge in [-0.15, -0.1) is 0 Å². The Morgan fingerprint density at radius 3 is 2.80 bits per heavy atom. The highest BCUT2D eigenvalue weighted by Gasteiger charge is 2.26. The van der Waals surface area contributed by atoms with Crippen molar-refractivity contribution in [3.8, 4) is 6.07 Å². The summed E-state index contributed by atoms with van der Waals surface area (Å²) in [7, 11) is -3.62. The minimum absolute atomic E-state index is 0.00770. The van der Waals surface area contributed by atoms with E-state index >= 15 is 0 Å². The van der Waals surface area contributed by atoms with E-state index in [0.717, 1.165) is 36.8 Å². The summed E-state index contributed by atoms with van der Waals surface area (Å²) in [6, 6.07) is 14.0. The van der Waals surface area contributed by atoms with Crippen molar-refractivity contribution in [3.63, 3.8) is 0 Å². The second-order valence-electron chi connectivity index (χ2n) is 6.30. The van der Waals surface area contributed by atoms with Gasteiger partial charge >= 0.3 is 0 Å². The van der Waals surface area contributed by atoms with Gasteiger partial charge in [-0.2, -0.15) is 5.26 Å². The van der Waals surface area contributed by atoms with Crippen LogP contribution in [-0.2, 0) is 16.6 Å². The molecule has 1 heterocycles. The third-order valence-electron chi connectivity index (χ3n) is 4.65. The SMILES string of the molecule is N#CC1CCCCC1c1c[c]c(S(=O)(=O)NCc2cccnc2)cc1. The zero-order valence-electron chi connectivity index (χ0n) is 13.9. The number of nitrogens with zero attached hydrogens (tertiary/aromatic N) is 2. The fraction of sp³-hybridized carbons (Fsp3) is 0.368. The summed E-state index contributed by atoms with van der Waals surface area (Å²) < 4.78 is 27.4. The van der Waals surface area contributed by atoms with Crippen LogP contribution in [0, 0.1) is 23.3 Å². The third-order valence-corrected chi connectivity index (χ3v) is 6.00. The average molecular weight is 354 g/mol. The second-order valence-corrected chi connectivity index (χ2v) is 8.03. The van der Waals surface area contributed by atoms with Crippen LogP contribution in [0.5, 0.6) is 0 Å². The van der Waals surface area contributed by atoms with E-state index in [9.17, 15) is 13.7 Å². The molecule has 1 aliphatic carbocycles. The summed E-state index contributed by atoms with van der Waals surface area (Å²) in [4.78, 5) is 4.08. The van der Waals surface area contributed by atoms with Gasteiger partial charge in [0.1, 0.15) is 0 Å². The Morgan fingerprint density at radius 2 is 2.12 bits per heavy atom. The van der Waals surface area contributed by atoms with Gasteiger partial charge in [-0.3, -0.25) is 4.98 Å². The van der Waals surface area contributed by atoms with Gasteiger partial charge in [0.25, 0.3) is 0 Å². The lowest BCUT2D eigenvalue weighted by atomic mass is 9.76. The second kappa shape index (κ2) is 7.77. The summed E-state index contributed by atoms with van der Waals surface area (Å²) in [5, 5.41) is 9.31. The highest BCUT2D eigenvalue weighted by Crippen LogP contribution is 2.37. The van der Waals surface area contributed by atoms with E-state index in [-0.39, 0.29) is 23.3 Å². The topological polar surface area (TPSA) is 82.8 Å². The molecular weight excluding hydrogens is 334 g/mol. The monoisotopic (exact) mass is 354 g/mol. The summed E-state index contributed by atoms with van der Waals surface area (Å²) in [5.74, 6) is 0.184. The van der Waals surface area contributed by atoms with Crippen molar-refractivity contribution in [2.45, 2.75) is 43.0 Å². The van der Waals surface area contributed by atoms with Crippen LogP contribution in [-0.4, -0.2) is 13.4 Å². The normalized spacial score (nSPS) is 20.8. The van der Waals surface area contributed by atoms with Crippen LogP contribution >= 0.6 is 0 Å². The number of sulfonamides is 1. The fourth-order valence-corrected chi connectivity index (χ4v) is 4.24. The molecule has 129 valence electrons. The van der Waals surface area contributed by atoms with Crippen LogP contribution < -0.4 is 4.72 Å². The van der Waals surface area contributed by atoms with Gasteiger partial charge in [0, 0.05) is 25.0 Å². The molecule has 2 aromatic rings. The van der Waals surface area contributed by atoms with E-state index in [1.165, 1.54) is 0 Å². The molecule has 1 saturated carbocycles. The molecule has 2 unspecified atom stereocenters. The van der Waals surface area contributed by atoms with Gasteiger partial charge in [0.2, 0.25) is 10.0 Å². The largest absolute Gasteiger partial charge is 0.264 e. The van der Waals surface area contributed by atoms with Crippen molar-refractivity contribution >= 4 is 10.0 Å². The van der Waals surface area contributed by atoms with Gasteiger partial charge in [-0.05, 0) is 48.1 Å². The van der Waals surface area contributed by atoms with Crippen LogP contribution in [0.15, 0.2) is 47.6 Å². The zero-order valence-corrected chi connectivity index (χ0v) is 14.7. The molecule has 1 N–H and O–H groups in total. The van der Waals surface area contributed by atoms with E-state index in [1.807, 2.05) is 12.1 Å². The standard InChI is InChI=1S/C19H20N3O2S/c20-12-17-5-1-2-6-19(17)16-7-9-18(10-8-16)25(23,24)22-14-15-4-3-11-21-13-15/h3-4,7-9,11,13,17,19,22H,1-2,5-6,14H2. The summed E-state index contributed by atoms with van der Waals surface area (Å²) >= 11 is 0. The van der Waals surface area contributed by atoms with Crippen molar-refractivity contribution in [3.05, 3.63) is 59.9 Å². The molecule has 1 fully saturated rings. The number of hydrogen-bond acceptors (Lipinski definition) is 4. The number of nitriles is 1. The maximum Gasteiger partial charge on any atom is 0.241 e. The zero-order chi connectivity index (χ0) is 17.7. The van der Waals surface area contributed by atoms with Gasteiger partial charge in [-0.1, -0.05) is 25.0 Å². The predicted octanol–water partition coefficient (Wildman–Crippen LogP) is 3.16. The minimum atomic E-state index is -3.62.